The highest BCUT2D eigenvalue weighted by atomic mass is 79.9. The van der Waals surface area contributed by atoms with Crippen LogP contribution in [0.15, 0.2) is 28.7 Å². The van der Waals surface area contributed by atoms with E-state index in [1.165, 1.54) is 0 Å². The number of hydrogen-bond acceptors (Lipinski definition) is 1. The number of amidine groups is 1. The van der Waals surface area contributed by atoms with E-state index in [-0.39, 0.29) is 18.2 Å². The lowest BCUT2D eigenvalue weighted by atomic mass is 10.1. The van der Waals surface area contributed by atoms with Gasteiger partial charge in [0, 0.05) is 10.9 Å². The number of rotatable bonds is 2. The second-order valence-corrected chi connectivity index (χ2v) is 3.15. The van der Waals surface area contributed by atoms with Crippen LogP contribution >= 0.6 is 28.3 Å². The molecule has 3 N–H and O–H groups in total. The molecule has 0 aliphatic carbocycles. The van der Waals surface area contributed by atoms with Crippen LogP contribution < -0.4 is 5.73 Å². The number of benzene rings is 1. The van der Waals surface area contributed by atoms with Crippen molar-refractivity contribution in [1.29, 1.82) is 5.41 Å². The highest BCUT2D eigenvalue weighted by Crippen LogP contribution is 2.15. The molecule has 0 spiro atoms. The van der Waals surface area contributed by atoms with Crippen LogP contribution in [0.25, 0.3) is 0 Å². The molecule has 0 aliphatic rings. The van der Waals surface area contributed by atoms with Gasteiger partial charge in [0.1, 0.15) is 0 Å². The van der Waals surface area contributed by atoms with Crippen molar-refractivity contribution in [2.45, 2.75) is 6.42 Å². The van der Waals surface area contributed by atoms with Crippen LogP contribution in [0.1, 0.15) is 5.56 Å². The van der Waals surface area contributed by atoms with Gasteiger partial charge < -0.3 is 5.73 Å². The van der Waals surface area contributed by atoms with Gasteiger partial charge in [-0.2, -0.15) is 0 Å². The third-order valence-electron chi connectivity index (χ3n) is 1.34. The van der Waals surface area contributed by atoms with Crippen LogP contribution in [0.3, 0.4) is 0 Å². The fourth-order valence-corrected chi connectivity index (χ4v) is 1.27. The summed E-state index contributed by atoms with van der Waals surface area (Å²) in [6.07, 6.45) is 0.515. The van der Waals surface area contributed by atoms with Crippen LogP contribution in [0.2, 0.25) is 0 Å². The largest absolute Gasteiger partial charge is 0.387 e. The van der Waals surface area contributed by atoms with Crippen molar-refractivity contribution in [3.63, 3.8) is 0 Å². The molecule has 1 aromatic rings. The van der Waals surface area contributed by atoms with E-state index in [0.29, 0.717) is 6.42 Å². The minimum absolute atomic E-state index is 0. The average molecular weight is 250 g/mol. The highest BCUT2D eigenvalue weighted by Gasteiger charge is 1.98. The monoisotopic (exact) mass is 248 g/mol. The Kier molecular flexibility index (Phi) is 4.93. The van der Waals surface area contributed by atoms with Crippen LogP contribution in [0.5, 0.6) is 0 Å². The Hall–Kier alpha value is -0.540. The summed E-state index contributed by atoms with van der Waals surface area (Å²) in [6, 6.07) is 7.76. The van der Waals surface area contributed by atoms with E-state index in [0.717, 1.165) is 10.0 Å². The van der Waals surface area contributed by atoms with Crippen molar-refractivity contribution in [1.82, 2.24) is 0 Å². The molecule has 0 atom stereocenters. The molecule has 2 nitrogen and oxygen atoms in total. The Morgan fingerprint density at radius 1 is 1.42 bits per heavy atom. The minimum atomic E-state index is 0. The number of hydrogen-bond donors (Lipinski definition) is 2. The highest BCUT2D eigenvalue weighted by molar-refractivity contribution is 9.10. The van der Waals surface area contributed by atoms with Crippen molar-refractivity contribution in [3.8, 4) is 0 Å². The predicted octanol–water partition coefficient (Wildman–Crippen LogP) is 2.35. The number of nitrogens with one attached hydrogen (secondary N) is 1. The molecule has 1 aromatic carbocycles. The first-order valence-corrected chi connectivity index (χ1v) is 4.06. The van der Waals surface area contributed by atoms with E-state index in [2.05, 4.69) is 15.9 Å². The first-order valence-electron chi connectivity index (χ1n) is 3.26. The SMILES string of the molecule is Cl.N=C(N)Cc1ccccc1Br. The molecule has 0 saturated heterocycles. The maximum atomic E-state index is 7.09. The standard InChI is InChI=1S/C8H9BrN2.ClH/c9-7-4-2-1-3-6(7)5-8(10)11;/h1-4H,5H2,(H3,10,11);1H. The van der Waals surface area contributed by atoms with E-state index >= 15 is 0 Å². The first-order chi connectivity index (χ1) is 5.20. The molecule has 66 valence electrons. The molecule has 0 aliphatic heterocycles. The van der Waals surface area contributed by atoms with Crippen LogP contribution in [0, 0.1) is 5.41 Å². The molecule has 0 saturated carbocycles. The van der Waals surface area contributed by atoms with Gasteiger partial charge in [-0.15, -0.1) is 12.4 Å². The van der Waals surface area contributed by atoms with E-state index in [4.69, 9.17) is 11.1 Å². The lowest BCUT2D eigenvalue weighted by Crippen LogP contribution is -2.12. The Morgan fingerprint density at radius 2 is 2.00 bits per heavy atom. The first kappa shape index (κ1) is 11.5. The van der Waals surface area contributed by atoms with Crippen LogP contribution in [-0.4, -0.2) is 5.84 Å². The van der Waals surface area contributed by atoms with E-state index in [9.17, 15) is 0 Å². The quantitative estimate of drug-likeness (QED) is 0.613. The molecule has 0 bridgehead atoms. The second-order valence-electron chi connectivity index (χ2n) is 2.29. The van der Waals surface area contributed by atoms with Crippen molar-refractivity contribution in [2.75, 3.05) is 0 Å². The van der Waals surface area contributed by atoms with Crippen molar-refractivity contribution < 1.29 is 0 Å². The van der Waals surface area contributed by atoms with E-state index < -0.39 is 0 Å². The lowest BCUT2D eigenvalue weighted by Gasteiger charge is -2.00. The predicted molar refractivity (Wildman–Crippen MR) is 57.0 cm³/mol. The average Bonchev–Trinajstić information content (AvgIpc) is 1.93. The topological polar surface area (TPSA) is 49.9 Å². The van der Waals surface area contributed by atoms with Gasteiger partial charge in [0.2, 0.25) is 0 Å². The van der Waals surface area contributed by atoms with E-state index in [1.54, 1.807) is 0 Å². The molecule has 4 heteroatoms. The molecule has 12 heavy (non-hydrogen) atoms. The lowest BCUT2D eigenvalue weighted by molar-refractivity contribution is 1.23. The van der Waals surface area contributed by atoms with Gasteiger partial charge in [-0.3, -0.25) is 5.41 Å². The maximum Gasteiger partial charge on any atom is 0.0950 e. The maximum absolute atomic E-state index is 7.09. The van der Waals surface area contributed by atoms with Gasteiger partial charge in [0.15, 0.2) is 0 Å². The van der Waals surface area contributed by atoms with Gasteiger partial charge in [0.25, 0.3) is 0 Å². The molecule has 1 rings (SSSR count). The molecule has 0 heterocycles. The summed E-state index contributed by atoms with van der Waals surface area (Å²) in [5.74, 6) is 0.192. The van der Waals surface area contributed by atoms with Crippen molar-refractivity contribution in [2.24, 2.45) is 5.73 Å². The van der Waals surface area contributed by atoms with Gasteiger partial charge in [-0.1, -0.05) is 34.1 Å². The zero-order valence-electron chi connectivity index (χ0n) is 6.38. The van der Waals surface area contributed by atoms with Gasteiger partial charge in [-0.25, -0.2) is 0 Å². The molecule has 0 aromatic heterocycles. The molecule has 0 unspecified atom stereocenters. The number of nitrogens with two attached hydrogens (primary N) is 1. The van der Waals surface area contributed by atoms with Crippen LogP contribution in [0.4, 0.5) is 0 Å². The Morgan fingerprint density at radius 3 is 2.50 bits per heavy atom. The zero-order chi connectivity index (χ0) is 8.27. The molecule has 0 amide bonds. The second kappa shape index (κ2) is 5.17. The summed E-state index contributed by atoms with van der Waals surface area (Å²) < 4.78 is 1.01. The summed E-state index contributed by atoms with van der Waals surface area (Å²) in [6.45, 7) is 0. The third-order valence-corrected chi connectivity index (χ3v) is 2.11. The van der Waals surface area contributed by atoms with Crippen molar-refractivity contribution in [3.05, 3.63) is 34.3 Å². The molecular weight excluding hydrogens is 239 g/mol. The Balaban J connectivity index is 0.00000121. The van der Waals surface area contributed by atoms with Gasteiger partial charge in [-0.05, 0) is 11.6 Å². The minimum Gasteiger partial charge on any atom is -0.387 e. The normalized spacial score (nSPS) is 8.75. The smallest absolute Gasteiger partial charge is 0.0950 e. The molecule has 0 fully saturated rings. The third kappa shape index (κ3) is 3.24. The van der Waals surface area contributed by atoms with Gasteiger partial charge >= 0.3 is 0 Å². The van der Waals surface area contributed by atoms with Crippen LogP contribution in [-0.2, 0) is 6.42 Å². The van der Waals surface area contributed by atoms with E-state index in [1.807, 2.05) is 24.3 Å². The molecular formula is C8H10BrClN2. The Bertz CT molecular complexity index is 276. The fraction of sp³-hybridized carbons (Fsp3) is 0.125. The zero-order valence-corrected chi connectivity index (χ0v) is 8.78. The Labute approximate surface area is 86.2 Å². The van der Waals surface area contributed by atoms with Crippen molar-refractivity contribution >= 4 is 34.2 Å². The summed E-state index contributed by atoms with van der Waals surface area (Å²) in [4.78, 5) is 0. The summed E-state index contributed by atoms with van der Waals surface area (Å²) >= 11 is 3.37. The number of halogens is 2. The molecule has 0 radical (unpaired) electrons. The fourth-order valence-electron chi connectivity index (χ4n) is 0.847. The van der Waals surface area contributed by atoms with Gasteiger partial charge in [0.05, 0.1) is 5.84 Å². The summed E-state index contributed by atoms with van der Waals surface area (Å²) in [7, 11) is 0. The summed E-state index contributed by atoms with van der Waals surface area (Å²) in [5, 5.41) is 7.09. The summed E-state index contributed by atoms with van der Waals surface area (Å²) in [5.41, 5.74) is 6.31.